The Bertz CT molecular complexity index is 1180. The number of rotatable bonds is 7. The highest BCUT2D eigenvalue weighted by molar-refractivity contribution is 6.31. The minimum Gasteiger partial charge on any atom is -0.496 e. The summed E-state index contributed by atoms with van der Waals surface area (Å²) in [7, 11) is 1.56. The van der Waals surface area contributed by atoms with Gasteiger partial charge in [-0.15, -0.1) is 0 Å². The molecule has 2 aromatic carbocycles. The third-order valence-corrected chi connectivity index (χ3v) is 5.69. The van der Waals surface area contributed by atoms with E-state index in [9.17, 15) is 10.1 Å². The minimum atomic E-state index is -0.745. The molecule has 1 heterocycles. The molecule has 1 aliphatic rings. The number of carbonyl (C=O) groups excluding carboxylic acids is 1. The first kappa shape index (κ1) is 24.0. The Hall–Kier alpha value is -3.63. The van der Waals surface area contributed by atoms with E-state index in [1.807, 2.05) is 19.1 Å². The number of methoxy groups -OCH3 is 1. The van der Waals surface area contributed by atoms with Crippen LogP contribution >= 0.6 is 11.6 Å². The maximum absolute atomic E-state index is 12.7. The maximum atomic E-state index is 12.7. The Morgan fingerprint density at radius 3 is 2.64 bits per heavy atom. The molecule has 2 N–H and O–H groups in total. The summed E-state index contributed by atoms with van der Waals surface area (Å²) in [6.45, 7) is 5.61. The molecule has 0 aliphatic carbocycles. The van der Waals surface area contributed by atoms with E-state index in [2.05, 4.69) is 6.07 Å². The second-order valence-electron chi connectivity index (χ2n) is 7.39. The summed E-state index contributed by atoms with van der Waals surface area (Å²) in [6, 6.07) is 12.9. The first-order valence-corrected chi connectivity index (χ1v) is 10.7. The van der Waals surface area contributed by atoms with Crippen molar-refractivity contribution in [2.24, 2.45) is 5.73 Å². The molecule has 7 nitrogen and oxygen atoms in total. The van der Waals surface area contributed by atoms with Crippen molar-refractivity contribution in [1.29, 1.82) is 5.26 Å². The average Bonchev–Trinajstić information content (AvgIpc) is 2.79. The van der Waals surface area contributed by atoms with Crippen LogP contribution < -0.4 is 15.2 Å². The van der Waals surface area contributed by atoms with Gasteiger partial charge in [-0.25, -0.2) is 4.79 Å². The van der Waals surface area contributed by atoms with E-state index < -0.39 is 11.9 Å². The van der Waals surface area contributed by atoms with Crippen LogP contribution in [-0.4, -0.2) is 19.7 Å². The third-order valence-electron chi connectivity index (χ3n) is 5.26. The zero-order chi connectivity index (χ0) is 24.1. The van der Waals surface area contributed by atoms with E-state index in [4.69, 9.17) is 36.3 Å². The largest absolute Gasteiger partial charge is 0.496 e. The maximum Gasteiger partial charge on any atom is 0.338 e. The fourth-order valence-corrected chi connectivity index (χ4v) is 3.76. The summed E-state index contributed by atoms with van der Waals surface area (Å²) in [5, 5.41) is 10.4. The van der Waals surface area contributed by atoms with E-state index in [0.29, 0.717) is 27.8 Å². The highest BCUT2D eigenvalue weighted by Crippen LogP contribution is 2.41. The highest BCUT2D eigenvalue weighted by Gasteiger charge is 2.36. The number of nitrogens with zero attached hydrogens (tertiary/aromatic N) is 1. The topological polar surface area (TPSA) is 104 Å². The van der Waals surface area contributed by atoms with Crippen molar-refractivity contribution in [3.8, 4) is 17.6 Å². The molecule has 0 fully saturated rings. The molecule has 1 aliphatic heterocycles. The molecule has 0 saturated heterocycles. The number of aryl methyl sites for hydroxylation is 1. The van der Waals surface area contributed by atoms with E-state index in [1.165, 1.54) is 0 Å². The molecule has 33 heavy (non-hydrogen) atoms. The fraction of sp³-hybridized carbons (Fsp3) is 0.280. The Morgan fingerprint density at radius 2 is 2.00 bits per heavy atom. The van der Waals surface area contributed by atoms with E-state index >= 15 is 0 Å². The van der Waals surface area contributed by atoms with E-state index in [0.717, 1.165) is 11.1 Å². The van der Waals surface area contributed by atoms with Gasteiger partial charge in [0.05, 0.1) is 25.2 Å². The summed E-state index contributed by atoms with van der Waals surface area (Å²) in [4.78, 5) is 12.7. The lowest BCUT2D eigenvalue weighted by Crippen LogP contribution is -2.25. The van der Waals surface area contributed by atoms with Crippen LogP contribution in [0.5, 0.6) is 11.5 Å². The number of hydrogen-bond acceptors (Lipinski definition) is 7. The average molecular weight is 469 g/mol. The molecule has 172 valence electrons. The normalized spacial score (nSPS) is 15.6. The van der Waals surface area contributed by atoms with Crippen LogP contribution in [0.1, 0.15) is 36.5 Å². The number of carbonyl (C=O) groups is 1. The molecule has 0 spiro atoms. The van der Waals surface area contributed by atoms with Crippen molar-refractivity contribution in [3.05, 3.63) is 80.9 Å². The van der Waals surface area contributed by atoms with Crippen molar-refractivity contribution in [3.63, 3.8) is 0 Å². The number of halogens is 1. The molecular weight excluding hydrogens is 444 g/mol. The molecule has 3 rings (SSSR count). The van der Waals surface area contributed by atoms with Gasteiger partial charge in [0, 0.05) is 10.6 Å². The van der Waals surface area contributed by atoms with Crippen molar-refractivity contribution >= 4 is 17.6 Å². The number of hydrogen-bond donors (Lipinski definition) is 1. The van der Waals surface area contributed by atoms with Gasteiger partial charge in [-0.1, -0.05) is 17.7 Å². The van der Waals surface area contributed by atoms with Crippen LogP contribution in [0.2, 0.25) is 5.02 Å². The Labute approximate surface area is 197 Å². The monoisotopic (exact) mass is 468 g/mol. The number of nitrogens with two attached hydrogens (primary N) is 1. The van der Waals surface area contributed by atoms with Gasteiger partial charge < -0.3 is 24.7 Å². The van der Waals surface area contributed by atoms with Gasteiger partial charge in [-0.3, -0.25) is 0 Å². The predicted octanol–water partition coefficient (Wildman–Crippen LogP) is 4.88. The van der Waals surface area contributed by atoms with Gasteiger partial charge in [-0.05, 0) is 62.2 Å². The smallest absolute Gasteiger partial charge is 0.338 e. The van der Waals surface area contributed by atoms with Crippen LogP contribution in [-0.2, 0) is 20.9 Å². The second kappa shape index (κ2) is 10.3. The van der Waals surface area contributed by atoms with Gasteiger partial charge in [0.1, 0.15) is 35.5 Å². The van der Waals surface area contributed by atoms with Crippen molar-refractivity contribution < 1.29 is 23.7 Å². The highest BCUT2D eigenvalue weighted by atomic mass is 35.5. The first-order valence-electron chi connectivity index (χ1n) is 10.3. The van der Waals surface area contributed by atoms with Crippen molar-refractivity contribution in [2.75, 3.05) is 13.7 Å². The van der Waals surface area contributed by atoms with Gasteiger partial charge in [0.15, 0.2) is 0 Å². The van der Waals surface area contributed by atoms with Crippen LogP contribution in [0.15, 0.2) is 59.2 Å². The summed E-state index contributed by atoms with van der Waals surface area (Å²) in [6.07, 6.45) is 0. The van der Waals surface area contributed by atoms with Crippen molar-refractivity contribution in [1.82, 2.24) is 0 Å². The Kier molecular flexibility index (Phi) is 7.52. The molecule has 0 bridgehead atoms. The van der Waals surface area contributed by atoms with Crippen LogP contribution in [0, 0.1) is 18.3 Å². The molecule has 1 unspecified atom stereocenters. The standard InChI is InChI=1S/C25H25ClN2O5/c1-5-31-25(29)22-15(3)33-24(28)19(12-27)23(22)16-6-9-21(30-4)17(11-16)13-32-18-7-8-20(26)14(2)10-18/h6-11,23H,5,13,28H2,1-4H3. The second-order valence-corrected chi connectivity index (χ2v) is 7.79. The number of allylic oxidation sites excluding steroid dienone is 2. The summed E-state index contributed by atoms with van der Waals surface area (Å²) >= 11 is 6.10. The summed E-state index contributed by atoms with van der Waals surface area (Å²) in [5.41, 5.74) is 8.64. The molecule has 0 saturated carbocycles. The SMILES string of the molecule is CCOC(=O)C1=C(C)OC(N)=C(C#N)C1c1ccc(OC)c(COc2ccc(Cl)c(C)c2)c1. The predicted molar refractivity (Wildman–Crippen MR) is 124 cm³/mol. The summed E-state index contributed by atoms with van der Waals surface area (Å²) in [5.74, 6) is 0.194. The zero-order valence-electron chi connectivity index (χ0n) is 18.9. The molecule has 0 amide bonds. The number of nitriles is 1. The van der Waals surface area contributed by atoms with Gasteiger partial charge >= 0.3 is 5.97 Å². The van der Waals surface area contributed by atoms with Crippen LogP contribution in [0.3, 0.4) is 0 Å². The fourth-order valence-electron chi connectivity index (χ4n) is 3.65. The molecule has 0 aromatic heterocycles. The third kappa shape index (κ3) is 5.07. The number of esters is 1. The molecule has 1 atom stereocenters. The zero-order valence-corrected chi connectivity index (χ0v) is 19.7. The lowest BCUT2D eigenvalue weighted by molar-refractivity contribution is -0.139. The lowest BCUT2D eigenvalue weighted by Gasteiger charge is -2.27. The Morgan fingerprint density at radius 1 is 1.24 bits per heavy atom. The minimum absolute atomic E-state index is 0.0432. The van der Waals surface area contributed by atoms with Gasteiger partial charge in [-0.2, -0.15) is 5.26 Å². The van der Waals surface area contributed by atoms with Crippen LogP contribution in [0.25, 0.3) is 0 Å². The summed E-state index contributed by atoms with van der Waals surface area (Å²) < 4.78 is 22.1. The molecular formula is C25H25ClN2O5. The number of benzene rings is 2. The van der Waals surface area contributed by atoms with Gasteiger partial charge in [0.2, 0.25) is 5.88 Å². The molecule has 8 heteroatoms. The lowest BCUT2D eigenvalue weighted by atomic mass is 9.82. The first-order chi connectivity index (χ1) is 15.8. The molecule has 0 radical (unpaired) electrons. The Balaban J connectivity index is 2.02. The van der Waals surface area contributed by atoms with Gasteiger partial charge in [0.25, 0.3) is 0 Å². The van der Waals surface area contributed by atoms with E-state index in [1.54, 1.807) is 45.2 Å². The van der Waals surface area contributed by atoms with Crippen LogP contribution in [0.4, 0.5) is 0 Å². The molecule has 2 aromatic rings. The quantitative estimate of drug-likeness (QED) is 0.577. The van der Waals surface area contributed by atoms with Crippen molar-refractivity contribution in [2.45, 2.75) is 33.3 Å². The number of ether oxygens (including phenoxy) is 4. The van der Waals surface area contributed by atoms with E-state index in [-0.39, 0.29) is 30.2 Å².